The fourth-order valence-corrected chi connectivity index (χ4v) is 3.37. The highest BCUT2D eigenvalue weighted by molar-refractivity contribution is 7.98. The van der Waals surface area contributed by atoms with Crippen molar-refractivity contribution in [1.82, 2.24) is 19.9 Å². The Balaban J connectivity index is 1.76. The first-order valence-corrected chi connectivity index (χ1v) is 9.54. The molecule has 140 valence electrons. The first-order chi connectivity index (χ1) is 12.3. The maximum Gasteiger partial charge on any atom is 0.407 e. The Morgan fingerprint density at radius 1 is 1.46 bits per heavy atom. The van der Waals surface area contributed by atoms with Crippen LogP contribution in [0.5, 0.6) is 0 Å². The zero-order valence-electron chi connectivity index (χ0n) is 15.2. The summed E-state index contributed by atoms with van der Waals surface area (Å²) in [6.07, 6.45) is 3.72. The average Bonchev–Trinajstić information content (AvgIpc) is 3.18. The van der Waals surface area contributed by atoms with Gasteiger partial charge in [0.15, 0.2) is 11.3 Å². The second kappa shape index (κ2) is 7.10. The molecule has 9 nitrogen and oxygen atoms in total. The maximum atomic E-state index is 12.0. The second-order valence-corrected chi connectivity index (χ2v) is 7.92. The molecule has 3 rings (SSSR count). The molecule has 0 bridgehead atoms. The molecular formula is C16H22N6O3S. The molecule has 1 saturated heterocycles. The molecular weight excluding hydrogens is 356 g/mol. The minimum atomic E-state index is -0.525. The summed E-state index contributed by atoms with van der Waals surface area (Å²) in [7, 11) is 0. The predicted octanol–water partition coefficient (Wildman–Crippen LogP) is 2.95. The van der Waals surface area contributed by atoms with Crippen LogP contribution < -0.4 is 10.2 Å². The van der Waals surface area contributed by atoms with Gasteiger partial charge in [0.2, 0.25) is 0 Å². The highest BCUT2D eigenvalue weighted by atomic mass is 32.2. The van der Waals surface area contributed by atoms with Crippen molar-refractivity contribution < 1.29 is 9.53 Å². The van der Waals surface area contributed by atoms with Crippen molar-refractivity contribution in [2.75, 3.05) is 24.2 Å². The second-order valence-electron chi connectivity index (χ2n) is 7.09. The van der Waals surface area contributed by atoms with E-state index in [1.54, 1.807) is 4.52 Å². The van der Waals surface area contributed by atoms with Gasteiger partial charge < -0.3 is 15.0 Å². The molecule has 0 spiro atoms. The molecule has 3 heterocycles. The number of hydrogen-bond acceptors (Lipinski definition) is 8. The van der Waals surface area contributed by atoms with Crippen LogP contribution in [0.15, 0.2) is 22.5 Å². The number of anilines is 1. The normalized spacial score (nSPS) is 17.5. The Morgan fingerprint density at radius 2 is 2.23 bits per heavy atom. The summed E-state index contributed by atoms with van der Waals surface area (Å²) in [6, 6.07) is 1.91. The van der Waals surface area contributed by atoms with Crippen molar-refractivity contribution >= 4 is 35.0 Å². The smallest absolute Gasteiger partial charge is 0.407 e. The number of aromatic nitrogens is 3. The third-order valence-corrected chi connectivity index (χ3v) is 4.66. The van der Waals surface area contributed by atoms with Crippen molar-refractivity contribution in [1.29, 1.82) is 0 Å². The van der Waals surface area contributed by atoms with E-state index in [0.29, 0.717) is 12.2 Å². The summed E-state index contributed by atoms with van der Waals surface area (Å²) < 4.78 is 6.92. The largest absolute Gasteiger partial charge is 0.444 e. The Hall–Kier alpha value is -2.36. The van der Waals surface area contributed by atoms with Gasteiger partial charge in [-0.15, -0.1) is 16.7 Å². The van der Waals surface area contributed by atoms with Crippen molar-refractivity contribution in [3.63, 3.8) is 0 Å². The van der Waals surface area contributed by atoms with Crippen LogP contribution in [0.2, 0.25) is 0 Å². The zero-order valence-corrected chi connectivity index (χ0v) is 16.0. The van der Waals surface area contributed by atoms with E-state index >= 15 is 0 Å². The van der Waals surface area contributed by atoms with Crippen molar-refractivity contribution in [2.45, 2.75) is 43.9 Å². The summed E-state index contributed by atoms with van der Waals surface area (Å²) in [6.45, 7) is 6.87. The summed E-state index contributed by atoms with van der Waals surface area (Å²) in [5.41, 5.74) is 0.123. The zero-order chi connectivity index (χ0) is 18.9. The standard InChI is InChI=1S/C16H22N6O3S/c1-16(2,3)25-15(23)18-10-5-6-21(9-10)12-7-13(26-4)22-14(19-12)11(20-24)8-17-22/h7-8,10H,5-6,9H2,1-4H3,(H,18,23)/t10-/m0/s1. The van der Waals surface area contributed by atoms with Gasteiger partial charge in [0, 0.05) is 19.2 Å². The molecule has 1 fully saturated rings. The van der Waals surface area contributed by atoms with Crippen LogP contribution in [-0.4, -0.2) is 51.7 Å². The minimum absolute atomic E-state index is 0.0193. The molecule has 26 heavy (non-hydrogen) atoms. The number of hydrogen-bond donors (Lipinski definition) is 1. The number of thioether (sulfide) groups is 1. The van der Waals surface area contributed by atoms with Crippen molar-refractivity contribution in [2.24, 2.45) is 5.18 Å². The van der Waals surface area contributed by atoms with Crippen molar-refractivity contribution in [3.05, 3.63) is 17.2 Å². The molecule has 1 N–H and O–H groups in total. The van der Waals surface area contributed by atoms with E-state index in [2.05, 4.69) is 25.5 Å². The molecule has 2 aromatic heterocycles. The van der Waals surface area contributed by atoms with Crippen LogP contribution in [0.1, 0.15) is 27.2 Å². The third-order valence-electron chi connectivity index (χ3n) is 3.95. The number of carbonyl (C=O) groups is 1. The number of nitrogens with zero attached hydrogens (tertiary/aromatic N) is 5. The van der Waals surface area contributed by atoms with Gasteiger partial charge in [-0.2, -0.15) is 5.10 Å². The van der Waals surface area contributed by atoms with Crippen LogP contribution in [0.3, 0.4) is 0 Å². The lowest BCUT2D eigenvalue weighted by Gasteiger charge is -2.22. The van der Waals surface area contributed by atoms with E-state index in [1.807, 2.05) is 33.1 Å². The van der Waals surface area contributed by atoms with E-state index in [0.717, 1.165) is 23.8 Å². The summed E-state index contributed by atoms with van der Waals surface area (Å²) in [5, 5.41) is 10.9. The van der Waals surface area contributed by atoms with Crippen LogP contribution in [0.25, 0.3) is 5.65 Å². The Labute approximate surface area is 155 Å². The first kappa shape index (κ1) is 18.4. The molecule has 0 aliphatic carbocycles. The number of fused-ring (bicyclic) bond motifs is 1. The van der Waals surface area contributed by atoms with Gasteiger partial charge in [-0.1, -0.05) is 0 Å². The molecule has 1 amide bonds. The van der Waals surface area contributed by atoms with Crippen LogP contribution >= 0.6 is 11.8 Å². The summed E-state index contributed by atoms with van der Waals surface area (Å²) in [5.74, 6) is 0.737. The number of alkyl carbamates (subject to hydrolysis) is 1. The average molecular weight is 378 g/mol. The van der Waals surface area contributed by atoms with Gasteiger partial charge in [-0.05, 0) is 38.6 Å². The maximum absolute atomic E-state index is 12.0. The van der Waals surface area contributed by atoms with Gasteiger partial charge in [0.1, 0.15) is 16.4 Å². The van der Waals surface area contributed by atoms with E-state index in [1.165, 1.54) is 18.0 Å². The number of rotatable bonds is 4. The van der Waals surface area contributed by atoms with Crippen LogP contribution in [0, 0.1) is 4.91 Å². The van der Waals surface area contributed by atoms with Gasteiger partial charge in [0.05, 0.1) is 12.2 Å². The van der Waals surface area contributed by atoms with E-state index in [-0.39, 0.29) is 11.7 Å². The molecule has 1 aliphatic rings. The fourth-order valence-electron chi connectivity index (χ4n) is 2.84. The molecule has 1 aliphatic heterocycles. The predicted molar refractivity (Wildman–Crippen MR) is 100 cm³/mol. The number of nitroso groups, excluding NO2 is 1. The van der Waals surface area contributed by atoms with Crippen molar-refractivity contribution in [3.8, 4) is 0 Å². The van der Waals surface area contributed by atoms with E-state index in [9.17, 15) is 9.70 Å². The van der Waals surface area contributed by atoms with Gasteiger partial charge >= 0.3 is 6.09 Å². The lowest BCUT2D eigenvalue weighted by molar-refractivity contribution is 0.0509. The lowest BCUT2D eigenvalue weighted by atomic mass is 10.2. The molecule has 1 atom stereocenters. The fraction of sp³-hybridized carbons (Fsp3) is 0.562. The third kappa shape index (κ3) is 3.90. The molecule has 10 heteroatoms. The minimum Gasteiger partial charge on any atom is -0.444 e. The summed E-state index contributed by atoms with van der Waals surface area (Å²) in [4.78, 5) is 29.5. The van der Waals surface area contributed by atoms with Gasteiger partial charge in [-0.3, -0.25) is 0 Å². The number of amides is 1. The number of ether oxygens (including phenoxy) is 1. The highest BCUT2D eigenvalue weighted by Crippen LogP contribution is 2.28. The van der Waals surface area contributed by atoms with Crippen LogP contribution in [-0.2, 0) is 4.74 Å². The number of carbonyl (C=O) groups excluding carboxylic acids is 1. The van der Waals surface area contributed by atoms with E-state index in [4.69, 9.17) is 4.74 Å². The van der Waals surface area contributed by atoms with E-state index < -0.39 is 11.7 Å². The highest BCUT2D eigenvalue weighted by Gasteiger charge is 2.27. The molecule has 0 unspecified atom stereocenters. The number of nitrogens with one attached hydrogen (secondary N) is 1. The molecule has 0 saturated carbocycles. The SMILES string of the molecule is CSc1cc(N2CC[C@H](NC(=O)OC(C)(C)C)C2)nc2c(N=O)cnn12. The topological polar surface area (TPSA) is 101 Å². The Morgan fingerprint density at radius 3 is 2.88 bits per heavy atom. The Bertz CT molecular complexity index is 831. The van der Waals surface area contributed by atoms with Crippen LogP contribution in [0.4, 0.5) is 16.3 Å². The molecule has 0 radical (unpaired) electrons. The van der Waals surface area contributed by atoms with Gasteiger partial charge in [0.25, 0.3) is 0 Å². The quantitative estimate of drug-likeness (QED) is 0.496. The molecule has 0 aromatic carbocycles. The Kier molecular flexibility index (Phi) is 5.03. The summed E-state index contributed by atoms with van der Waals surface area (Å²) >= 11 is 1.51. The first-order valence-electron chi connectivity index (χ1n) is 8.31. The lowest BCUT2D eigenvalue weighted by Crippen LogP contribution is -2.40. The molecule has 2 aromatic rings. The van der Waals surface area contributed by atoms with Gasteiger partial charge in [-0.25, -0.2) is 14.3 Å². The monoisotopic (exact) mass is 378 g/mol.